The van der Waals surface area contributed by atoms with E-state index >= 15 is 0 Å². The summed E-state index contributed by atoms with van der Waals surface area (Å²) >= 11 is 0. The molecule has 5 rings (SSSR count). The molecular formula is C26H23N3O. The van der Waals surface area contributed by atoms with Gasteiger partial charge in [-0.1, -0.05) is 30.3 Å². The number of aliphatic imine (C=N–C) groups is 1. The number of pyridine rings is 1. The number of hydrogen-bond acceptors (Lipinski definition) is 3. The first-order chi connectivity index (χ1) is 14.9. The first-order valence-electron chi connectivity index (χ1n) is 10.3. The molecule has 4 aromatic rings. The first-order valence-corrected chi connectivity index (χ1v) is 10.3. The SMILES string of the molecule is C(=C1CCCN=C1c1cccnc1)c1c[nH]c2ccc(OCc3ccccc3)cc12. The third-order valence-corrected chi connectivity index (χ3v) is 5.38. The summed E-state index contributed by atoms with van der Waals surface area (Å²) in [7, 11) is 0. The van der Waals surface area contributed by atoms with Crippen molar-refractivity contribution in [2.45, 2.75) is 19.4 Å². The number of nitrogens with zero attached hydrogens (tertiary/aromatic N) is 2. The zero-order chi connectivity index (χ0) is 20.2. The molecule has 30 heavy (non-hydrogen) atoms. The van der Waals surface area contributed by atoms with Crippen LogP contribution < -0.4 is 4.74 Å². The molecule has 1 aliphatic heterocycles. The van der Waals surface area contributed by atoms with Crippen LogP contribution in [0.25, 0.3) is 17.0 Å². The average molecular weight is 393 g/mol. The van der Waals surface area contributed by atoms with Crippen molar-refractivity contribution in [3.05, 3.63) is 102 Å². The van der Waals surface area contributed by atoms with E-state index in [0.717, 1.165) is 58.4 Å². The van der Waals surface area contributed by atoms with E-state index in [4.69, 9.17) is 9.73 Å². The Bertz CT molecular complexity index is 1210. The van der Waals surface area contributed by atoms with Gasteiger partial charge in [0.25, 0.3) is 0 Å². The van der Waals surface area contributed by atoms with E-state index < -0.39 is 0 Å². The summed E-state index contributed by atoms with van der Waals surface area (Å²) in [6, 6.07) is 20.5. The lowest BCUT2D eigenvalue weighted by atomic mass is 9.95. The van der Waals surface area contributed by atoms with Crippen molar-refractivity contribution >= 4 is 22.7 Å². The molecule has 0 bridgehead atoms. The maximum Gasteiger partial charge on any atom is 0.120 e. The molecule has 2 aromatic carbocycles. The van der Waals surface area contributed by atoms with Gasteiger partial charge in [-0.2, -0.15) is 0 Å². The van der Waals surface area contributed by atoms with Crippen molar-refractivity contribution in [1.82, 2.24) is 9.97 Å². The van der Waals surface area contributed by atoms with Crippen LogP contribution in [0, 0.1) is 0 Å². The molecule has 3 heterocycles. The fourth-order valence-corrected chi connectivity index (χ4v) is 3.86. The van der Waals surface area contributed by atoms with Crippen molar-refractivity contribution in [3.63, 3.8) is 0 Å². The second-order valence-corrected chi connectivity index (χ2v) is 7.47. The highest BCUT2D eigenvalue weighted by Gasteiger charge is 2.15. The van der Waals surface area contributed by atoms with E-state index in [1.165, 1.54) is 5.57 Å². The number of hydrogen-bond donors (Lipinski definition) is 1. The minimum atomic E-state index is 0.561. The normalized spacial score (nSPS) is 15.3. The molecule has 148 valence electrons. The highest BCUT2D eigenvalue weighted by molar-refractivity contribution is 6.15. The largest absolute Gasteiger partial charge is 0.489 e. The second-order valence-electron chi connectivity index (χ2n) is 7.47. The van der Waals surface area contributed by atoms with Gasteiger partial charge >= 0.3 is 0 Å². The van der Waals surface area contributed by atoms with E-state index in [-0.39, 0.29) is 0 Å². The summed E-state index contributed by atoms with van der Waals surface area (Å²) in [6.45, 7) is 1.43. The zero-order valence-corrected chi connectivity index (χ0v) is 16.7. The van der Waals surface area contributed by atoms with Gasteiger partial charge < -0.3 is 9.72 Å². The fraction of sp³-hybridized carbons (Fsp3) is 0.154. The van der Waals surface area contributed by atoms with Crippen LogP contribution in [0.4, 0.5) is 0 Å². The Morgan fingerprint density at radius 1 is 1.03 bits per heavy atom. The maximum atomic E-state index is 6.04. The molecule has 0 saturated carbocycles. The van der Waals surface area contributed by atoms with Crippen LogP contribution in [0.2, 0.25) is 0 Å². The summed E-state index contributed by atoms with van der Waals surface area (Å²) < 4.78 is 6.04. The van der Waals surface area contributed by atoms with E-state index in [1.54, 1.807) is 6.20 Å². The van der Waals surface area contributed by atoms with Crippen molar-refractivity contribution in [2.75, 3.05) is 6.54 Å². The van der Waals surface area contributed by atoms with Gasteiger partial charge in [0, 0.05) is 47.2 Å². The van der Waals surface area contributed by atoms with Crippen molar-refractivity contribution in [1.29, 1.82) is 0 Å². The highest BCUT2D eigenvalue weighted by Crippen LogP contribution is 2.28. The summed E-state index contributed by atoms with van der Waals surface area (Å²) in [6.07, 6.45) is 10.1. The zero-order valence-electron chi connectivity index (χ0n) is 16.7. The number of allylic oxidation sites excluding steroid dienone is 1. The quantitative estimate of drug-likeness (QED) is 0.465. The van der Waals surface area contributed by atoms with Gasteiger partial charge in [-0.05, 0) is 60.4 Å². The van der Waals surface area contributed by atoms with Crippen molar-refractivity contribution in [3.8, 4) is 5.75 Å². The smallest absolute Gasteiger partial charge is 0.120 e. The predicted octanol–water partition coefficient (Wildman–Crippen LogP) is 5.81. The van der Waals surface area contributed by atoms with Crippen molar-refractivity contribution in [2.24, 2.45) is 4.99 Å². The van der Waals surface area contributed by atoms with Crippen LogP contribution in [0.3, 0.4) is 0 Å². The number of nitrogens with one attached hydrogen (secondary N) is 1. The van der Waals surface area contributed by atoms with Gasteiger partial charge in [0.05, 0.1) is 5.71 Å². The summed E-state index contributed by atoms with van der Waals surface area (Å²) in [5, 5.41) is 1.16. The topological polar surface area (TPSA) is 50.3 Å². The molecule has 0 atom stereocenters. The standard InChI is InChI=1S/C26H23N3O/c1-2-6-19(7-3-1)18-30-23-10-11-25-24(15-23)22(17-29-25)14-20-8-5-13-28-26(20)21-9-4-12-27-16-21/h1-4,6-7,9-12,14-17,29H,5,8,13,18H2. The van der Waals surface area contributed by atoms with Crippen LogP contribution in [-0.2, 0) is 6.61 Å². The predicted molar refractivity (Wildman–Crippen MR) is 122 cm³/mol. The summed E-state index contributed by atoms with van der Waals surface area (Å²) in [5.41, 5.74) is 6.81. The molecular weight excluding hydrogens is 370 g/mol. The molecule has 0 spiro atoms. The molecule has 0 aliphatic carbocycles. The molecule has 0 saturated heterocycles. The van der Waals surface area contributed by atoms with Crippen LogP contribution in [0.15, 0.2) is 89.8 Å². The second kappa shape index (κ2) is 8.37. The summed E-state index contributed by atoms with van der Waals surface area (Å²) in [5.74, 6) is 0.871. The lowest BCUT2D eigenvalue weighted by Crippen LogP contribution is -2.11. The number of H-pyrrole nitrogens is 1. The molecule has 4 nitrogen and oxygen atoms in total. The van der Waals surface area contributed by atoms with Crippen LogP contribution in [0.1, 0.15) is 29.5 Å². The van der Waals surface area contributed by atoms with E-state index in [0.29, 0.717) is 6.61 Å². The molecule has 0 amide bonds. The Morgan fingerprint density at radius 3 is 2.83 bits per heavy atom. The average Bonchev–Trinajstić information content (AvgIpc) is 3.21. The highest BCUT2D eigenvalue weighted by atomic mass is 16.5. The molecule has 0 fully saturated rings. The number of rotatable bonds is 5. The van der Waals surface area contributed by atoms with E-state index in [1.807, 2.05) is 36.5 Å². The van der Waals surface area contributed by atoms with Gasteiger partial charge in [-0.3, -0.25) is 9.98 Å². The molecule has 0 unspecified atom stereocenters. The Hall–Kier alpha value is -3.66. The molecule has 0 radical (unpaired) electrons. The Kier molecular flexibility index (Phi) is 5.13. The van der Waals surface area contributed by atoms with E-state index in [2.05, 4.69) is 52.6 Å². The fourth-order valence-electron chi connectivity index (χ4n) is 3.86. The van der Waals surface area contributed by atoms with Gasteiger partial charge in [0.15, 0.2) is 0 Å². The van der Waals surface area contributed by atoms with E-state index in [9.17, 15) is 0 Å². The Balaban J connectivity index is 1.45. The monoisotopic (exact) mass is 393 g/mol. The lowest BCUT2D eigenvalue weighted by Gasteiger charge is -2.16. The maximum absolute atomic E-state index is 6.04. The third-order valence-electron chi connectivity index (χ3n) is 5.38. The molecule has 1 N–H and O–H groups in total. The lowest BCUT2D eigenvalue weighted by molar-refractivity contribution is 0.306. The van der Waals surface area contributed by atoms with Crippen LogP contribution in [0.5, 0.6) is 5.75 Å². The minimum Gasteiger partial charge on any atom is -0.489 e. The first kappa shape index (κ1) is 18.4. The van der Waals surface area contributed by atoms with Crippen molar-refractivity contribution < 1.29 is 4.74 Å². The number of aromatic nitrogens is 2. The van der Waals surface area contributed by atoms with Gasteiger partial charge in [-0.25, -0.2) is 0 Å². The molecule has 2 aromatic heterocycles. The number of aromatic amines is 1. The van der Waals surface area contributed by atoms with Gasteiger partial charge in [0.2, 0.25) is 0 Å². The molecule has 1 aliphatic rings. The number of ether oxygens (including phenoxy) is 1. The Morgan fingerprint density at radius 2 is 1.97 bits per heavy atom. The van der Waals surface area contributed by atoms with Crippen LogP contribution in [-0.4, -0.2) is 22.2 Å². The number of fused-ring (bicyclic) bond motifs is 1. The number of benzene rings is 2. The Labute approximate surface area is 176 Å². The third kappa shape index (κ3) is 3.90. The van der Waals surface area contributed by atoms with Gasteiger partial charge in [0.1, 0.15) is 12.4 Å². The minimum absolute atomic E-state index is 0.561. The van der Waals surface area contributed by atoms with Crippen LogP contribution >= 0.6 is 0 Å². The molecule has 4 heteroatoms. The van der Waals surface area contributed by atoms with Gasteiger partial charge in [-0.15, -0.1) is 0 Å². The summed E-state index contributed by atoms with van der Waals surface area (Å²) in [4.78, 5) is 12.4.